The van der Waals surface area contributed by atoms with Crippen LogP contribution in [0.3, 0.4) is 0 Å². The number of benzene rings is 2. The molecule has 4 rings (SSSR count). The molecule has 2 aromatic carbocycles. The van der Waals surface area contributed by atoms with Gasteiger partial charge in [-0.3, -0.25) is 0 Å². The molecule has 0 atom stereocenters. The zero-order chi connectivity index (χ0) is 21.1. The molecule has 1 aliphatic heterocycles. The van der Waals surface area contributed by atoms with Crippen LogP contribution in [0.2, 0.25) is 0 Å². The van der Waals surface area contributed by atoms with Crippen molar-refractivity contribution < 1.29 is 8.98 Å². The lowest BCUT2D eigenvalue weighted by molar-refractivity contribution is -0.678. The molecule has 1 aliphatic rings. The van der Waals surface area contributed by atoms with Gasteiger partial charge in [0, 0.05) is 36.3 Å². The van der Waals surface area contributed by atoms with Crippen LogP contribution in [0, 0.1) is 0 Å². The first-order chi connectivity index (χ1) is 14.5. The zero-order valence-electron chi connectivity index (χ0n) is 18.4. The van der Waals surface area contributed by atoms with Gasteiger partial charge >= 0.3 is 5.89 Å². The Morgan fingerprint density at radius 3 is 2.57 bits per heavy atom. The van der Waals surface area contributed by atoms with E-state index in [2.05, 4.69) is 104 Å². The molecule has 0 saturated heterocycles. The first-order valence-corrected chi connectivity index (χ1v) is 10.8. The van der Waals surface area contributed by atoms with Crippen molar-refractivity contribution >= 4 is 22.9 Å². The van der Waals surface area contributed by atoms with Gasteiger partial charge < -0.3 is 9.32 Å². The Bertz CT molecular complexity index is 1130. The Morgan fingerprint density at radius 2 is 1.77 bits per heavy atom. The summed E-state index contributed by atoms with van der Waals surface area (Å²) in [5, 5.41) is 0. The monoisotopic (exact) mass is 399 g/mol. The number of allylic oxidation sites excluding steroid dienone is 5. The number of rotatable bonds is 6. The normalized spacial score (nSPS) is 17.1. The maximum atomic E-state index is 6.09. The average Bonchev–Trinajstić information content (AvgIpc) is 3.19. The predicted molar refractivity (Wildman–Crippen MR) is 125 cm³/mol. The summed E-state index contributed by atoms with van der Waals surface area (Å²) in [5.41, 5.74) is 6.06. The van der Waals surface area contributed by atoms with Crippen molar-refractivity contribution in [2.45, 2.75) is 45.6 Å². The van der Waals surface area contributed by atoms with Crippen LogP contribution >= 0.6 is 0 Å². The van der Waals surface area contributed by atoms with Crippen molar-refractivity contribution in [3.63, 3.8) is 0 Å². The van der Waals surface area contributed by atoms with Crippen molar-refractivity contribution in [1.82, 2.24) is 0 Å². The van der Waals surface area contributed by atoms with Gasteiger partial charge in [-0.1, -0.05) is 75.8 Å². The Morgan fingerprint density at radius 1 is 1.00 bits per heavy atom. The second kappa shape index (κ2) is 8.35. The quantitative estimate of drug-likeness (QED) is 0.353. The first-order valence-electron chi connectivity index (χ1n) is 10.8. The van der Waals surface area contributed by atoms with E-state index in [1.54, 1.807) is 0 Å². The standard InChI is InChI=1S/C27H31N2O/c1-5-6-20-29-23-16-12-13-17-24(23)30-26(29)19-9-7-8-18-25-27(2,3)21-14-10-11-15-22(21)28(25)4/h7-19H,5-6,20H2,1-4H3/q+1. The van der Waals surface area contributed by atoms with Crippen molar-refractivity contribution in [1.29, 1.82) is 0 Å². The van der Waals surface area contributed by atoms with Gasteiger partial charge in [-0.2, -0.15) is 4.57 Å². The number of nitrogens with zero attached hydrogens (tertiary/aromatic N) is 2. The molecule has 3 aromatic rings. The highest BCUT2D eigenvalue weighted by atomic mass is 16.3. The highest BCUT2D eigenvalue weighted by Crippen LogP contribution is 2.46. The number of para-hydroxylation sites is 3. The third-order valence-corrected chi connectivity index (χ3v) is 6.03. The minimum atomic E-state index is 0.00130. The van der Waals surface area contributed by atoms with Crippen LogP contribution < -0.4 is 9.47 Å². The van der Waals surface area contributed by atoms with Crippen LogP contribution in [0.5, 0.6) is 0 Å². The number of unbranched alkanes of at least 4 members (excludes halogenated alkanes) is 1. The molecule has 30 heavy (non-hydrogen) atoms. The molecule has 0 N–H and O–H groups in total. The molecule has 3 nitrogen and oxygen atoms in total. The van der Waals surface area contributed by atoms with Gasteiger partial charge in [-0.05, 0) is 23.8 Å². The summed E-state index contributed by atoms with van der Waals surface area (Å²) < 4.78 is 8.36. The lowest BCUT2D eigenvalue weighted by atomic mass is 9.84. The first kappa shape index (κ1) is 20.2. The van der Waals surface area contributed by atoms with Crippen molar-refractivity contribution in [3.05, 3.63) is 90.0 Å². The van der Waals surface area contributed by atoms with Gasteiger partial charge in [0.05, 0.1) is 6.08 Å². The number of aromatic nitrogens is 1. The van der Waals surface area contributed by atoms with Crippen LogP contribution in [0.4, 0.5) is 5.69 Å². The van der Waals surface area contributed by atoms with Crippen molar-refractivity contribution in [2.24, 2.45) is 0 Å². The van der Waals surface area contributed by atoms with Crippen LogP contribution in [0.25, 0.3) is 17.2 Å². The van der Waals surface area contributed by atoms with Crippen molar-refractivity contribution in [3.8, 4) is 0 Å². The maximum absolute atomic E-state index is 6.09. The minimum Gasteiger partial charge on any atom is -0.398 e. The fourth-order valence-electron chi connectivity index (χ4n) is 4.37. The smallest absolute Gasteiger partial charge is 0.374 e. The van der Waals surface area contributed by atoms with Crippen LogP contribution in [0.15, 0.2) is 82.9 Å². The summed E-state index contributed by atoms with van der Waals surface area (Å²) in [5.74, 6) is 0.896. The van der Waals surface area contributed by atoms with E-state index in [9.17, 15) is 0 Å². The topological polar surface area (TPSA) is 20.3 Å². The lowest BCUT2D eigenvalue weighted by Gasteiger charge is -2.23. The molecule has 1 aromatic heterocycles. The fourth-order valence-corrected chi connectivity index (χ4v) is 4.37. The number of fused-ring (bicyclic) bond motifs is 2. The van der Waals surface area contributed by atoms with Gasteiger partial charge in [-0.15, -0.1) is 0 Å². The van der Waals surface area contributed by atoms with E-state index in [0.29, 0.717) is 0 Å². The van der Waals surface area contributed by atoms with Crippen LogP contribution in [0.1, 0.15) is 45.1 Å². The molecule has 3 heteroatoms. The highest BCUT2D eigenvalue weighted by Gasteiger charge is 2.37. The Balaban J connectivity index is 1.56. The summed E-state index contributed by atoms with van der Waals surface area (Å²) in [6.45, 7) is 7.76. The Labute approximate surface area is 179 Å². The van der Waals surface area contributed by atoms with E-state index in [1.165, 1.54) is 16.9 Å². The number of anilines is 1. The van der Waals surface area contributed by atoms with Crippen LogP contribution in [-0.2, 0) is 12.0 Å². The highest BCUT2D eigenvalue weighted by molar-refractivity contribution is 5.70. The average molecular weight is 400 g/mol. The van der Waals surface area contributed by atoms with E-state index >= 15 is 0 Å². The van der Waals surface area contributed by atoms with Gasteiger partial charge in [0.1, 0.15) is 0 Å². The zero-order valence-corrected chi connectivity index (χ0v) is 18.4. The van der Waals surface area contributed by atoms with E-state index in [1.807, 2.05) is 12.1 Å². The predicted octanol–water partition coefficient (Wildman–Crippen LogP) is 6.40. The van der Waals surface area contributed by atoms with Crippen molar-refractivity contribution in [2.75, 3.05) is 11.9 Å². The molecule has 0 fully saturated rings. The molecule has 0 amide bonds. The van der Waals surface area contributed by atoms with Gasteiger partial charge in [0.15, 0.2) is 6.54 Å². The maximum Gasteiger partial charge on any atom is 0.374 e. The SMILES string of the molecule is CCCC[n+]1c(/C=C/C=C/C=C2/N(C)c3ccccc3C2(C)C)oc2ccccc21. The molecule has 0 saturated carbocycles. The molecule has 0 radical (unpaired) electrons. The third kappa shape index (κ3) is 3.60. The molecule has 0 unspecified atom stereocenters. The number of aryl methyl sites for hydroxylation is 1. The summed E-state index contributed by atoms with van der Waals surface area (Å²) in [7, 11) is 2.15. The third-order valence-electron chi connectivity index (χ3n) is 6.03. The number of likely N-dealkylation sites (N-methyl/N-ethyl adjacent to an activating group) is 1. The minimum absolute atomic E-state index is 0.00130. The van der Waals surface area contributed by atoms with E-state index in [0.717, 1.165) is 36.4 Å². The van der Waals surface area contributed by atoms with E-state index in [4.69, 9.17) is 4.42 Å². The molecule has 0 spiro atoms. The number of hydrogen-bond acceptors (Lipinski definition) is 2. The summed E-state index contributed by atoms with van der Waals surface area (Å²) in [4.78, 5) is 2.29. The Kier molecular flexibility index (Phi) is 5.63. The molecule has 154 valence electrons. The fraction of sp³-hybridized carbons (Fsp3) is 0.296. The van der Waals surface area contributed by atoms with Gasteiger partial charge in [0.25, 0.3) is 5.52 Å². The largest absolute Gasteiger partial charge is 0.398 e. The number of oxazole rings is 1. The summed E-state index contributed by atoms with van der Waals surface area (Å²) in [6, 6.07) is 16.9. The van der Waals surface area contributed by atoms with Gasteiger partial charge in [-0.25, -0.2) is 0 Å². The van der Waals surface area contributed by atoms with Crippen LogP contribution in [-0.4, -0.2) is 7.05 Å². The molecule has 2 heterocycles. The molecular formula is C27H31N2O+. The van der Waals surface area contributed by atoms with E-state index < -0.39 is 0 Å². The Hall–Kier alpha value is -3.07. The van der Waals surface area contributed by atoms with E-state index in [-0.39, 0.29) is 5.41 Å². The molecular weight excluding hydrogens is 368 g/mol. The summed E-state index contributed by atoms with van der Waals surface area (Å²) >= 11 is 0. The summed E-state index contributed by atoms with van der Waals surface area (Å²) in [6.07, 6.45) is 12.8. The number of hydrogen-bond donors (Lipinski definition) is 0. The second-order valence-corrected chi connectivity index (χ2v) is 8.41. The lowest BCUT2D eigenvalue weighted by Crippen LogP contribution is -2.35. The second-order valence-electron chi connectivity index (χ2n) is 8.41. The molecule has 0 aliphatic carbocycles. The van der Waals surface area contributed by atoms with Gasteiger partial charge in [0.2, 0.25) is 5.58 Å². The molecule has 0 bridgehead atoms.